The number of hydrogen-bond donors (Lipinski definition) is 1. The van der Waals surface area contributed by atoms with Gasteiger partial charge >= 0.3 is 0 Å². The first-order chi connectivity index (χ1) is 5.83. The number of aromatic nitrogens is 1. The molecule has 0 bridgehead atoms. The Balaban J connectivity index is 2.33. The van der Waals surface area contributed by atoms with Crippen LogP contribution in [0.15, 0.2) is 24.5 Å². The summed E-state index contributed by atoms with van der Waals surface area (Å²) in [5.41, 5.74) is 0. The fourth-order valence-electron chi connectivity index (χ4n) is 0.743. The quantitative estimate of drug-likeness (QED) is 0.733. The molecule has 1 atom stereocenters. The van der Waals surface area contributed by atoms with Crippen molar-refractivity contribution in [1.82, 2.24) is 4.98 Å². The van der Waals surface area contributed by atoms with Gasteiger partial charge in [-0.2, -0.15) is 0 Å². The monoisotopic (exact) mass is 167 g/mol. The molecule has 1 N–H and O–H groups in total. The molecule has 1 aromatic rings. The highest BCUT2D eigenvalue weighted by Crippen LogP contribution is 2.06. The van der Waals surface area contributed by atoms with Crippen molar-refractivity contribution in [3.8, 4) is 5.75 Å². The third kappa shape index (κ3) is 2.88. The number of pyridine rings is 1. The molecule has 3 nitrogen and oxygen atoms in total. The van der Waals surface area contributed by atoms with Crippen molar-refractivity contribution < 1.29 is 9.84 Å². The Morgan fingerprint density at radius 3 is 3.08 bits per heavy atom. The van der Waals surface area contributed by atoms with Crippen LogP contribution in [-0.2, 0) is 0 Å². The second kappa shape index (κ2) is 4.72. The first kappa shape index (κ1) is 9.00. The first-order valence-corrected chi connectivity index (χ1v) is 4.04. The average Bonchev–Trinajstić information content (AvgIpc) is 2.16. The largest absolute Gasteiger partial charge is 0.489 e. The van der Waals surface area contributed by atoms with Crippen molar-refractivity contribution in [2.45, 2.75) is 19.4 Å². The zero-order valence-electron chi connectivity index (χ0n) is 7.10. The normalized spacial score (nSPS) is 12.5. The maximum Gasteiger partial charge on any atom is 0.137 e. The lowest BCUT2D eigenvalue weighted by Crippen LogP contribution is -2.15. The minimum absolute atomic E-state index is 0.336. The summed E-state index contributed by atoms with van der Waals surface area (Å²) in [6.45, 7) is 2.25. The Morgan fingerprint density at radius 2 is 2.50 bits per heavy atom. The summed E-state index contributed by atoms with van der Waals surface area (Å²) in [5.74, 6) is 0.699. The maximum absolute atomic E-state index is 9.17. The molecule has 1 heterocycles. The van der Waals surface area contributed by atoms with Gasteiger partial charge in [0, 0.05) is 6.20 Å². The van der Waals surface area contributed by atoms with Gasteiger partial charge in [-0.1, -0.05) is 6.92 Å². The predicted molar refractivity (Wildman–Crippen MR) is 46.0 cm³/mol. The topological polar surface area (TPSA) is 42.4 Å². The first-order valence-electron chi connectivity index (χ1n) is 4.04. The van der Waals surface area contributed by atoms with E-state index in [0.717, 1.165) is 0 Å². The highest BCUT2D eigenvalue weighted by atomic mass is 16.5. The number of rotatable bonds is 4. The third-order valence-corrected chi connectivity index (χ3v) is 1.55. The zero-order chi connectivity index (χ0) is 8.81. The molecule has 1 aromatic heterocycles. The van der Waals surface area contributed by atoms with Crippen LogP contribution in [0.4, 0.5) is 0 Å². The summed E-state index contributed by atoms with van der Waals surface area (Å²) in [6, 6.07) is 3.61. The molecule has 0 aliphatic carbocycles. The highest BCUT2D eigenvalue weighted by Gasteiger charge is 2.00. The van der Waals surface area contributed by atoms with Gasteiger partial charge in [0.25, 0.3) is 0 Å². The Kier molecular flexibility index (Phi) is 3.54. The van der Waals surface area contributed by atoms with Crippen LogP contribution in [-0.4, -0.2) is 22.8 Å². The van der Waals surface area contributed by atoms with Crippen LogP contribution in [0.1, 0.15) is 13.3 Å². The molecule has 0 aliphatic heterocycles. The fourth-order valence-corrected chi connectivity index (χ4v) is 0.743. The van der Waals surface area contributed by atoms with E-state index in [9.17, 15) is 5.11 Å². The summed E-state index contributed by atoms with van der Waals surface area (Å²) in [6.07, 6.45) is 3.64. The van der Waals surface area contributed by atoms with Gasteiger partial charge in [-0.05, 0) is 18.6 Å². The van der Waals surface area contributed by atoms with Gasteiger partial charge in [0.2, 0.25) is 0 Å². The molecule has 0 aliphatic rings. The number of ether oxygens (including phenoxy) is 1. The molecular formula is C9H13NO2. The van der Waals surface area contributed by atoms with Gasteiger partial charge in [-0.25, -0.2) is 0 Å². The van der Waals surface area contributed by atoms with Crippen molar-refractivity contribution in [1.29, 1.82) is 0 Å². The Bertz CT molecular complexity index is 213. The van der Waals surface area contributed by atoms with E-state index in [2.05, 4.69) is 4.98 Å². The molecular weight excluding hydrogens is 154 g/mol. The summed E-state index contributed by atoms with van der Waals surface area (Å²) in [4.78, 5) is 3.88. The summed E-state index contributed by atoms with van der Waals surface area (Å²) in [7, 11) is 0. The molecule has 0 saturated carbocycles. The molecule has 0 fully saturated rings. The van der Waals surface area contributed by atoms with E-state index in [0.29, 0.717) is 18.8 Å². The van der Waals surface area contributed by atoms with E-state index in [4.69, 9.17) is 4.74 Å². The van der Waals surface area contributed by atoms with E-state index in [-0.39, 0.29) is 6.10 Å². The Labute approximate surface area is 72.0 Å². The van der Waals surface area contributed by atoms with E-state index in [1.54, 1.807) is 18.5 Å². The SMILES string of the molecule is CCC(O)COc1cccnc1. The van der Waals surface area contributed by atoms with Crippen molar-refractivity contribution in [3.63, 3.8) is 0 Å². The number of nitrogens with zero attached hydrogens (tertiary/aromatic N) is 1. The van der Waals surface area contributed by atoms with Crippen LogP contribution in [0, 0.1) is 0 Å². The van der Waals surface area contributed by atoms with E-state index >= 15 is 0 Å². The van der Waals surface area contributed by atoms with Crippen molar-refractivity contribution in [2.75, 3.05) is 6.61 Å². The second-order valence-electron chi connectivity index (χ2n) is 2.56. The van der Waals surface area contributed by atoms with Crippen LogP contribution in [0.3, 0.4) is 0 Å². The third-order valence-electron chi connectivity index (χ3n) is 1.55. The fraction of sp³-hybridized carbons (Fsp3) is 0.444. The molecule has 1 unspecified atom stereocenters. The van der Waals surface area contributed by atoms with Crippen LogP contribution >= 0.6 is 0 Å². The second-order valence-corrected chi connectivity index (χ2v) is 2.56. The molecule has 0 amide bonds. The molecule has 1 rings (SSSR count). The van der Waals surface area contributed by atoms with Gasteiger partial charge in [0.05, 0.1) is 12.3 Å². The smallest absolute Gasteiger partial charge is 0.137 e. The van der Waals surface area contributed by atoms with E-state index in [1.807, 2.05) is 13.0 Å². The molecule has 12 heavy (non-hydrogen) atoms. The summed E-state index contributed by atoms with van der Waals surface area (Å²) >= 11 is 0. The number of aliphatic hydroxyl groups is 1. The lowest BCUT2D eigenvalue weighted by atomic mass is 10.3. The minimum atomic E-state index is -0.384. The Morgan fingerprint density at radius 1 is 1.67 bits per heavy atom. The van der Waals surface area contributed by atoms with Gasteiger partial charge < -0.3 is 9.84 Å². The van der Waals surface area contributed by atoms with Gasteiger partial charge in [0.1, 0.15) is 12.4 Å². The summed E-state index contributed by atoms with van der Waals surface area (Å²) < 4.78 is 5.25. The maximum atomic E-state index is 9.17. The van der Waals surface area contributed by atoms with Crippen LogP contribution in [0.5, 0.6) is 5.75 Å². The van der Waals surface area contributed by atoms with E-state index < -0.39 is 0 Å². The average molecular weight is 167 g/mol. The zero-order valence-corrected chi connectivity index (χ0v) is 7.10. The molecule has 0 radical (unpaired) electrons. The molecule has 0 aromatic carbocycles. The van der Waals surface area contributed by atoms with Gasteiger partial charge in [-0.15, -0.1) is 0 Å². The summed E-state index contributed by atoms with van der Waals surface area (Å²) in [5, 5.41) is 9.17. The lowest BCUT2D eigenvalue weighted by Gasteiger charge is -2.08. The molecule has 66 valence electrons. The van der Waals surface area contributed by atoms with Gasteiger partial charge in [-0.3, -0.25) is 4.98 Å². The highest BCUT2D eigenvalue weighted by molar-refractivity contribution is 5.15. The van der Waals surface area contributed by atoms with Crippen molar-refractivity contribution >= 4 is 0 Å². The van der Waals surface area contributed by atoms with Crippen LogP contribution < -0.4 is 4.74 Å². The van der Waals surface area contributed by atoms with Crippen molar-refractivity contribution in [3.05, 3.63) is 24.5 Å². The standard InChI is InChI=1S/C9H13NO2/c1-2-8(11)7-12-9-4-3-5-10-6-9/h3-6,8,11H,2,7H2,1H3. The Hall–Kier alpha value is -1.09. The lowest BCUT2D eigenvalue weighted by molar-refractivity contribution is 0.104. The molecule has 0 saturated heterocycles. The van der Waals surface area contributed by atoms with Crippen LogP contribution in [0.2, 0.25) is 0 Å². The number of hydrogen-bond acceptors (Lipinski definition) is 3. The molecule has 0 spiro atoms. The molecule has 3 heteroatoms. The number of aliphatic hydroxyl groups excluding tert-OH is 1. The van der Waals surface area contributed by atoms with Crippen molar-refractivity contribution in [2.24, 2.45) is 0 Å². The predicted octanol–water partition coefficient (Wildman–Crippen LogP) is 1.23. The van der Waals surface area contributed by atoms with Crippen LogP contribution in [0.25, 0.3) is 0 Å². The van der Waals surface area contributed by atoms with Gasteiger partial charge in [0.15, 0.2) is 0 Å². The van der Waals surface area contributed by atoms with E-state index in [1.165, 1.54) is 0 Å². The minimum Gasteiger partial charge on any atom is -0.489 e.